The Hall–Kier alpha value is -4.03. The van der Waals surface area contributed by atoms with Gasteiger partial charge >= 0.3 is 5.97 Å². The number of rotatable bonds is 9. The minimum absolute atomic E-state index is 0.198. The molecule has 6 heteroatoms. The summed E-state index contributed by atoms with van der Waals surface area (Å²) in [6.07, 6.45) is 0. The minimum atomic E-state index is -0.970. The van der Waals surface area contributed by atoms with Gasteiger partial charge in [0.05, 0.1) is 4.75 Å². The van der Waals surface area contributed by atoms with Crippen LogP contribution in [-0.2, 0) is 9.54 Å². The SMILES string of the molecule is O=C(O)[C@H](CSC(c1ccccc1)(c1ccccc1)c1ccccc1)Nc1nc2ccccc2o1. The van der Waals surface area contributed by atoms with Crippen LogP contribution >= 0.6 is 11.8 Å². The number of oxazole rings is 1. The highest BCUT2D eigenvalue weighted by atomic mass is 32.2. The summed E-state index contributed by atoms with van der Waals surface area (Å²) in [6, 6.07) is 37.3. The Morgan fingerprint density at radius 3 is 1.77 bits per heavy atom. The van der Waals surface area contributed by atoms with Crippen LogP contribution in [0.4, 0.5) is 6.01 Å². The van der Waals surface area contributed by atoms with E-state index in [-0.39, 0.29) is 11.8 Å². The van der Waals surface area contributed by atoms with Crippen LogP contribution < -0.4 is 5.32 Å². The number of nitrogens with zero attached hydrogens (tertiary/aromatic N) is 1. The quantitative estimate of drug-likeness (QED) is 0.237. The van der Waals surface area contributed by atoms with E-state index >= 15 is 0 Å². The Bertz CT molecular complexity index is 1280. The molecule has 0 bridgehead atoms. The van der Waals surface area contributed by atoms with Gasteiger partial charge in [-0.1, -0.05) is 103 Å². The molecule has 0 aliphatic carbocycles. The Morgan fingerprint density at radius 2 is 1.29 bits per heavy atom. The summed E-state index contributed by atoms with van der Waals surface area (Å²) in [5.41, 5.74) is 4.52. The standard InChI is InChI=1S/C29H24N2O3S/c32-27(33)25(31-28-30-24-18-10-11-19-26(24)34-28)20-35-29(21-12-4-1-5-13-21,22-14-6-2-7-15-22)23-16-8-3-9-17-23/h1-19,25H,20H2,(H,30,31)(H,32,33)/t25-/m0/s1. The maximum atomic E-state index is 12.3. The molecule has 0 aliphatic rings. The van der Waals surface area contributed by atoms with Gasteiger partial charge in [0.25, 0.3) is 6.01 Å². The Kier molecular flexibility index (Phi) is 6.55. The van der Waals surface area contributed by atoms with Crippen LogP contribution in [0.5, 0.6) is 0 Å². The fourth-order valence-corrected chi connectivity index (χ4v) is 5.79. The van der Waals surface area contributed by atoms with Gasteiger partial charge in [-0.15, -0.1) is 11.8 Å². The minimum Gasteiger partial charge on any atom is -0.480 e. The highest BCUT2D eigenvalue weighted by Crippen LogP contribution is 2.48. The summed E-state index contributed by atoms with van der Waals surface area (Å²) < 4.78 is 5.13. The molecule has 0 unspecified atom stereocenters. The molecule has 5 aromatic rings. The van der Waals surface area contributed by atoms with Gasteiger partial charge in [0, 0.05) is 5.75 Å². The molecule has 5 rings (SSSR count). The van der Waals surface area contributed by atoms with Gasteiger partial charge in [-0.05, 0) is 28.8 Å². The van der Waals surface area contributed by atoms with Crippen molar-refractivity contribution in [3.8, 4) is 0 Å². The van der Waals surface area contributed by atoms with Crippen LogP contribution in [0.15, 0.2) is 120 Å². The Morgan fingerprint density at radius 1 is 0.800 bits per heavy atom. The zero-order chi connectivity index (χ0) is 24.1. The van der Waals surface area contributed by atoms with Crippen LogP contribution in [0, 0.1) is 0 Å². The van der Waals surface area contributed by atoms with Crippen molar-refractivity contribution in [1.29, 1.82) is 0 Å². The fourth-order valence-electron chi connectivity index (χ4n) is 4.23. The molecule has 5 nitrogen and oxygen atoms in total. The number of aliphatic carboxylic acids is 1. The van der Waals surface area contributed by atoms with Gasteiger partial charge in [0.2, 0.25) is 0 Å². The number of aromatic nitrogens is 1. The summed E-state index contributed by atoms with van der Waals surface area (Å²) in [4.78, 5) is 16.7. The molecular weight excluding hydrogens is 456 g/mol. The first-order valence-electron chi connectivity index (χ1n) is 11.3. The summed E-state index contributed by atoms with van der Waals surface area (Å²) in [6.45, 7) is 0. The van der Waals surface area contributed by atoms with Crippen LogP contribution in [0.3, 0.4) is 0 Å². The number of thioether (sulfide) groups is 1. The monoisotopic (exact) mass is 480 g/mol. The second-order valence-corrected chi connectivity index (χ2v) is 9.35. The molecule has 4 aromatic carbocycles. The normalized spacial score (nSPS) is 12.3. The first-order valence-corrected chi connectivity index (χ1v) is 12.3. The van der Waals surface area contributed by atoms with Gasteiger partial charge in [0.15, 0.2) is 5.58 Å². The number of benzene rings is 4. The molecule has 0 aliphatic heterocycles. The lowest BCUT2D eigenvalue weighted by molar-refractivity contribution is -0.137. The third kappa shape index (κ3) is 4.66. The molecule has 2 N–H and O–H groups in total. The lowest BCUT2D eigenvalue weighted by Crippen LogP contribution is -2.35. The molecule has 0 amide bonds. The predicted octanol–water partition coefficient (Wildman–Crippen LogP) is 6.42. The first-order chi connectivity index (χ1) is 17.2. The molecule has 0 saturated carbocycles. The Balaban J connectivity index is 1.54. The van der Waals surface area contributed by atoms with Crippen molar-refractivity contribution in [2.75, 3.05) is 11.1 Å². The number of fused-ring (bicyclic) bond motifs is 1. The van der Waals surface area contributed by atoms with Crippen molar-refractivity contribution >= 4 is 34.8 Å². The van der Waals surface area contributed by atoms with Gasteiger partial charge in [-0.25, -0.2) is 4.79 Å². The molecule has 0 radical (unpaired) electrons. The molecule has 0 fully saturated rings. The lowest BCUT2D eigenvalue weighted by Gasteiger charge is -2.36. The fraction of sp³-hybridized carbons (Fsp3) is 0.103. The zero-order valence-corrected chi connectivity index (χ0v) is 19.7. The molecule has 1 aromatic heterocycles. The largest absolute Gasteiger partial charge is 0.480 e. The molecule has 0 saturated heterocycles. The maximum absolute atomic E-state index is 12.3. The van der Waals surface area contributed by atoms with Crippen molar-refractivity contribution in [1.82, 2.24) is 4.98 Å². The molecule has 1 heterocycles. The third-order valence-corrected chi connectivity index (χ3v) is 7.54. The van der Waals surface area contributed by atoms with Crippen molar-refractivity contribution in [2.24, 2.45) is 0 Å². The zero-order valence-electron chi connectivity index (χ0n) is 18.9. The third-order valence-electron chi connectivity index (χ3n) is 5.90. The molecular formula is C29H24N2O3S. The molecule has 174 valence electrons. The number of carboxylic acids is 1. The average Bonchev–Trinajstić information content (AvgIpc) is 3.33. The van der Waals surface area contributed by atoms with Crippen LogP contribution in [0.2, 0.25) is 0 Å². The van der Waals surface area contributed by atoms with Crippen molar-refractivity contribution < 1.29 is 14.3 Å². The van der Waals surface area contributed by atoms with E-state index in [2.05, 4.69) is 46.7 Å². The number of anilines is 1. The number of hydrogen-bond donors (Lipinski definition) is 2. The van der Waals surface area contributed by atoms with E-state index in [0.717, 1.165) is 16.7 Å². The summed E-state index contributed by atoms with van der Waals surface area (Å²) >= 11 is 1.58. The molecule has 35 heavy (non-hydrogen) atoms. The Labute approximate surface area is 207 Å². The average molecular weight is 481 g/mol. The first kappa shape index (κ1) is 22.7. The number of carboxylic acid groups (broad SMARTS) is 1. The lowest BCUT2D eigenvalue weighted by atomic mass is 9.84. The second kappa shape index (κ2) is 10.1. The maximum Gasteiger partial charge on any atom is 0.327 e. The predicted molar refractivity (Wildman–Crippen MR) is 141 cm³/mol. The van der Waals surface area contributed by atoms with E-state index < -0.39 is 16.8 Å². The van der Waals surface area contributed by atoms with Gasteiger partial charge < -0.3 is 14.8 Å². The van der Waals surface area contributed by atoms with Crippen molar-refractivity contribution in [2.45, 2.75) is 10.8 Å². The van der Waals surface area contributed by atoms with Crippen molar-refractivity contribution in [3.05, 3.63) is 132 Å². The van der Waals surface area contributed by atoms with E-state index in [0.29, 0.717) is 11.1 Å². The number of carbonyl (C=O) groups is 1. The second-order valence-electron chi connectivity index (χ2n) is 8.11. The summed E-state index contributed by atoms with van der Waals surface area (Å²) in [5, 5.41) is 13.1. The molecule has 0 spiro atoms. The topological polar surface area (TPSA) is 75.4 Å². The molecule has 1 atom stereocenters. The summed E-state index contributed by atoms with van der Waals surface area (Å²) in [5.74, 6) is -0.699. The number of hydrogen-bond acceptors (Lipinski definition) is 5. The van der Waals surface area contributed by atoms with Crippen LogP contribution in [0.1, 0.15) is 16.7 Å². The summed E-state index contributed by atoms with van der Waals surface area (Å²) in [7, 11) is 0. The number of nitrogens with one attached hydrogen (secondary N) is 1. The van der Waals surface area contributed by atoms with Gasteiger partial charge in [-0.3, -0.25) is 0 Å². The highest BCUT2D eigenvalue weighted by Gasteiger charge is 2.38. The van der Waals surface area contributed by atoms with Crippen LogP contribution in [0.25, 0.3) is 11.1 Å². The number of para-hydroxylation sites is 2. The van der Waals surface area contributed by atoms with Crippen LogP contribution in [-0.4, -0.2) is 27.9 Å². The van der Waals surface area contributed by atoms with Gasteiger partial charge in [0.1, 0.15) is 11.6 Å². The van der Waals surface area contributed by atoms with E-state index in [1.54, 1.807) is 11.8 Å². The highest BCUT2D eigenvalue weighted by molar-refractivity contribution is 8.00. The van der Waals surface area contributed by atoms with E-state index in [1.165, 1.54) is 0 Å². The van der Waals surface area contributed by atoms with E-state index in [9.17, 15) is 9.90 Å². The van der Waals surface area contributed by atoms with Crippen molar-refractivity contribution in [3.63, 3.8) is 0 Å². The van der Waals surface area contributed by atoms with E-state index in [4.69, 9.17) is 4.42 Å². The van der Waals surface area contributed by atoms with E-state index in [1.807, 2.05) is 78.9 Å². The van der Waals surface area contributed by atoms with Gasteiger partial charge in [-0.2, -0.15) is 4.98 Å². The smallest absolute Gasteiger partial charge is 0.327 e.